The van der Waals surface area contributed by atoms with Crippen LogP contribution in [0.4, 0.5) is 0 Å². The lowest BCUT2D eigenvalue weighted by molar-refractivity contribution is -0.870. The van der Waals surface area contributed by atoms with E-state index >= 15 is 0 Å². The Hall–Kier alpha value is -3.79. The van der Waals surface area contributed by atoms with E-state index in [0.717, 1.165) is 89.9 Å². The molecule has 0 N–H and O–H groups in total. The number of carboxylic acid groups (broad SMARTS) is 1. The van der Waals surface area contributed by atoms with Crippen LogP contribution in [0.2, 0.25) is 0 Å². The number of esters is 2. The summed E-state index contributed by atoms with van der Waals surface area (Å²) in [5.41, 5.74) is 0. The highest BCUT2D eigenvalue weighted by Crippen LogP contribution is 2.18. The van der Waals surface area contributed by atoms with Crippen LogP contribution >= 0.6 is 0 Å². The number of carboxylic acids is 1. The van der Waals surface area contributed by atoms with Gasteiger partial charge in [0.15, 0.2) is 12.4 Å². The normalized spacial score (nSPS) is 13.2. The molecular weight excluding hydrogens is 1100 g/mol. The van der Waals surface area contributed by atoms with Crippen molar-refractivity contribution in [3.8, 4) is 0 Å². The van der Waals surface area contributed by atoms with Gasteiger partial charge in [0.2, 0.25) is 0 Å². The number of carbonyl (C=O) groups is 3. The van der Waals surface area contributed by atoms with Crippen LogP contribution in [0.25, 0.3) is 0 Å². The summed E-state index contributed by atoms with van der Waals surface area (Å²) in [5.74, 6) is -2.28. The van der Waals surface area contributed by atoms with Gasteiger partial charge in [-0.3, -0.25) is 9.59 Å². The van der Waals surface area contributed by atoms with Gasteiger partial charge in [-0.25, -0.2) is 0 Å². The number of quaternary nitrogens is 1. The molecule has 0 spiro atoms. The fourth-order valence-corrected chi connectivity index (χ4v) is 10.6. The molecule has 0 aliphatic rings. The third-order valence-electron chi connectivity index (χ3n) is 16.3. The highest BCUT2D eigenvalue weighted by Gasteiger charge is 2.22. The molecule has 9 nitrogen and oxygen atoms in total. The Balaban J connectivity index is 4.06. The van der Waals surface area contributed by atoms with Gasteiger partial charge in [-0.15, -0.1) is 0 Å². The molecule has 0 aromatic heterocycles. The minimum atomic E-state index is -1.63. The van der Waals surface area contributed by atoms with E-state index in [1.807, 2.05) is 21.1 Å². The molecule has 0 heterocycles. The topological polar surface area (TPSA) is 111 Å². The second kappa shape index (κ2) is 70.1. The summed E-state index contributed by atoms with van der Waals surface area (Å²) in [6.45, 7) is 4.65. The van der Waals surface area contributed by atoms with Crippen molar-refractivity contribution in [2.45, 2.75) is 347 Å². The van der Waals surface area contributed by atoms with E-state index in [9.17, 15) is 19.5 Å². The molecule has 9 heteroatoms. The van der Waals surface area contributed by atoms with Gasteiger partial charge in [-0.2, -0.15) is 0 Å². The standard InChI is InChI=1S/C80H141NO8/c1-6-8-10-12-14-16-18-20-22-24-26-28-30-32-34-36-37-38-39-40-41-43-44-46-48-50-52-54-56-58-60-62-64-66-68-70-77(82)87-74-76(75-88-80(79(84)85)86-73-72-81(3,4)5)89-78(83)71-69-67-65-63-61-59-57-55-53-51-49-47-45-42-35-33-31-29-27-25-23-21-19-17-15-13-11-9-7-2/h9,11,15,17-18,20-21,23-24,26-27,29,33,35,45,47,76,80H,6-8,10,12-14,16,19,22,25,28,30-32,34,36-44,46,48-75H2,1-5H3/b11-9-,17-15-,20-18-,23-21-,26-24-,29-27-,35-33-,47-45-. The van der Waals surface area contributed by atoms with Gasteiger partial charge < -0.3 is 33.3 Å². The molecule has 0 aliphatic heterocycles. The van der Waals surface area contributed by atoms with E-state index in [4.69, 9.17) is 18.9 Å². The summed E-state index contributed by atoms with van der Waals surface area (Å²) in [6.07, 6.45) is 93.6. The molecule has 2 unspecified atom stereocenters. The Labute approximate surface area is 550 Å². The van der Waals surface area contributed by atoms with Crippen LogP contribution in [0.5, 0.6) is 0 Å². The first-order chi connectivity index (χ1) is 43.6. The Morgan fingerprint density at radius 2 is 0.640 bits per heavy atom. The number of hydrogen-bond acceptors (Lipinski definition) is 8. The van der Waals surface area contributed by atoms with Gasteiger partial charge in [0.25, 0.3) is 0 Å². The molecule has 2 atom stereocenters. The molecule has 0 saturated heterocycles. The highest BCUT2D eigenvalue weighted by atomic mass is 16.7. The van der Waals surface area contributed by atoms with Gasteiger partial charge in [0.05, 0.1) is 40.3 Å². The van der Waals surface area contributed by atoms with Crippen molar-refractivity contribution in [2.24, 2.45) is 0 Å². The Bertz CT molecular complexity index is 1790. The number of likely N-dealkylation sites (N-methyl/N-ethyl adjacent to an activating group) is 1. The summed E-state index contributed by atoms with van der Waals surface area (Å²) in [5, 5.41) is 11.8. The number of aliphatic carboxylic acids is 1. The number of unbranched alkanes of at least 4 members (excludes halogenated alkanes) is 38. The van der Waals surface area contributed by atoms with Crippen molar-refractivity contribution in [3.05, 3.63) is 97.2 Å². The molecule has 0 aliphatic carbocycles. The zero-order valence-corrected chi connectivity index (χ0v) is 58.8. The predicted octanol–water partition coefficient (Wildman–Crippen LogP) is 22.3. The predicted molar refractivity (Wildman–Crippen MR) is 380 cm³/mol. The lowest BCUT2D eigenvalue weighted by atomic mass is 10.0. The molecule has 0 aromatic rings. The zero-order valence-electron chi connectivity index (χ0n) is 58.8. The van der Waals surface area contributed by atoms with Gasteiger partial charge in [-0.05, 0) is 96.3 Å². The molecule has 514 valence electrons. The highest BCUT2D eigenvalue weighted by molar-refractivity contribution is 5.70. The summed E-state index contributed by atoms with van der Waals surface area (Å²) >= 11 is 0. The average Bonchev–Trinajstić information content (AvgIpc) is 3.71. The molecule has 0 rings (SSSR count). The van der Waals surface area contributed by atoms with Gasteiger partial charge in [-0.1, -0.05) is 323 Å². The molecule has 89 heavy (non-hydrogen) atoms. The molecule has 0 bridgehead atoms. The van der Waals surface area contributed by atoms with Crippen LogP contribution < -0.4 is 5.11 Å². The van der Waals surface area contributed by atoms with Crippen molar-refractivity contribution >= 4 is 17.9 Å². The molecular formula is C80H141NO8. The molecule has 0 amide bonds. The minimum absolute atomic E-state index is 0.144. The van der Waals surface area contributed by atoms with Gasteiger partial charge in [0.1, 0.15) is 13.2 Å². The summed E-state index contributed by atoms with van der Waals surface area (Å²) < 4.78 is 22.8. The van der Waals surface area contributed by atoms with Gasteiger partial charge >= 0.3 is 11.9 Å². The lowest BCUT2D eigenvalue weighted by Gasteiger charge is -2.26. The van der Waals surface area contributed by atoms with Crippen LogP contribution in [-0.2, 0) is 33.3 Å². The Kier molecular flexibility index (Phi) is 67.1. The van der Waals surface area contributed by atoms with Crippen molar-refractivity contribution in [1.29, 1.82) is 0 Å². The van der Waals surface area contributed by atoms with E-state index in [1.165, 1.54) is 212 Å². The fourth-order valence-electron chi connectivity index (χ4n) is 10.6. The first kappa shape index (κ1) is 85.2. The maximum absolute atomic E-state index is 12.9. The maximum Gasteiger partial charge on any atom is 0.306 e. The summed E-state index contributed by atoms with van der Waals surface area (Å²) in [7, 11) is 5.93. The summed E-state index contributed by atoms with van der Waals surface area (Å²) in [4.78, 5) is 37.5. The van der Waals surface area contributed by atoms with Gasteiger partial charge in [0, 0.05) is 12.8 Å². The first-order valence-electron chi connectivity index (χ1n) is 37.4. The third-order valence-corrected chi connectivity index (χ3v) is 16.3. The van der Waals surface area contributed by atoms with E-state index < -0.39 is 24.3 Å². The Morgan fingerprint density at radius 3 is 0.955 bits per heavy atom. The monoisotopic (exact) mass is 1240 g/mol. The van der Waals surface area contributed by atoms with Crippen LogP contribution in [-0.4, -0.2) is 82.3 Å². The van der Waals surface area contributed by atoms with E-state index in [1.54, 1.807) is 0 Å². The number of allylic oxidation sites excluding steroid dienone is 16. The van der Waals surface area contributed by atoms with Crippen molar-refractivity contribution in [2.75, 3.05) is 47.5 Å². The SMILES string of the molecule is CC/C=C\C/C=C\C/C=C\C/C=C\C/C=C\C/C=C\CCCCCCCCCCCCC(=O)OC(COC(=O)CCCCCCCCCCCCCCCCCCCCCCCCC/C=C\C/C=C\CCCCCCC)COC(OCC[N+](C)(C)C)C(=O)[O-]. The molecule has 0 aromatic carbocycles. The van der Waals surface area contributed by atoms with E-state index in [-0.39, 0.29) is 32.2 Å². The second-order valence-corrected chi connectivity index (χ2v) is 26.2. The minimum Gasteiger partial charge on any atom is -0.545 e. The van der Waals surface area contributed by atoms with Crippen molar-refractivity contribution in [3.63, 3.8) is 0 Å². The first-order valence-corrected chi connectivity index (χ1v) is 37.4. The molecule has 0 radical (unpaired) electrons. The third kappa shape index (κ3) is 71.5. The largest absolute Gasteiger partial charge is 0.545 e. The van der Waals surface area contributed by atoms with Crippen LogP contribution in [0.1, 0.15) is 335 Å². The number of carbonyl (C=O) groups excluding carboxylic acids is 3. The smallest absolute Gasteiger partial charge is 0.306 e. The molecule has 0 saturated carbocycles. The van der Waals surface area contributed by atoms with E-state index in [2.05, 4.69) is 111 Å². The Morgan fingerprint density at radius 1 is 0.348 bits per heavy atom. The van der Waals surface area contributed by atoms with Crippen molar-refractivity contribution in [1.82, 2.24) is 0 Å². The number of rotatable bonds is 69. The zero-order chi connectivity index (χ0) is 64.7. The second-order valence-electron chi connectivity index (χ2n) is 26.2. The summed E-state index contributed by atoms with van der Waals surface area (Å²) in [6, 6.07) is 0. The fraction of sp³-hybridized carbons (Fsp3) is 0.762. The van der Waals surface area contributed by atoms with Crippen LogP contribution in [0.15, 0.2) is 97.2 Å². The molecule has 0 fully saturated rings. The van der Waals surface area contributed by atoms with Crippen molar-refractivity contribution < 1.29 is 42.9 Å². The maximum atomic E-state index is 12.9. The lowest BCUT2D eigenvalue weighted by Crippen LogP contribution is -2.44. The van der Waals surface area contributed by atoms with Crippen LogP contribution in [0.3, 0.4) is 0 Å². The average molecular weight is 1250 g/mol. The number of nitrogens with zero attached hydrogens (tertiary/aromatic N) is 1. The number of ether oxygens (including phenoxy) is 4. The number of hydrogen-bond donors (Lipinski definition) is 0. The van der Waals surface area contributed by atoms with E-state index in [0.29, 0.717) is 23.9 Å². The quantitative estimate of drug-likeness (QED) is 0.0195. The van der Waals surface area contributed by atoms with Crippen LogP contribution in [0, 0.1) is 0 Å².